The molecule has 0 saturated heterocycles. The van der Waals surface area contributed by atoms with Crippen molar-refractivity contribution in [3.63, 3.8) is 0 Å². The summed E-state index contributed by atoms with van der Waals surface area (Å²) in [5, 5.41) is 3.67. The molecule has 184 valence electrons. The highest BCUT2D eigenvalue weighted by atomic mass is 31.2. The van der Waals surface area contributed by atoms with Gasteiger partial charge in [-0.05, 0) is 59.2 Å². The minimum atomic E-state index is -2.79. The molecule has 0 spiro atoms. The van der Waals surface area contributed by atoms with Gasteiger partial charge >= 0.3 is 0 Å². The first-order valence-corrected chi connectivity index (χ1v) is 14.2. The maximum Gasteiger partial charge on any atom is 0.197 e. The van der Waals surface area contributed by atoms with Crippen LogP contribution in [0.2, 0.25) is 0 Å². The van der Waals surface area contributed by atoms with Crippen LogP contribution < -0.4 is 15.9 Å². The zero-order valence-corrected chi connectivity index (χ0v) is 21.4. The van der Waals surface area contributed by atoms with E-state index in [4.69, 9.17) is 4.98 Å². The number of carbonyl (C=O) groups excluding carboxylic acids is 1. The zero-order valence-electron chi connectivity index (χ0n) is 20.5. The number of carbonyl (C=O) groups is 1. The average molecular weight is 515 g/mol. The lowest BCUT2D eigenvalue weighted by Crippen LogP contribution is -2.34. The van der Waals surface area contributed by atoms with Gasteiger partial charge in [0.05, 0.1) is 16.3 Å². The van der Waals surface area contributed by atoms with Gasteiger partial charge in [0, 0.05) is 5.56 Å². The maximum atomic E-state index is 14.7. The van der Waals surface area contributed by atoms with Crippen molar-refractivity contribution in [2.24, 2.45) is 0 Å². The molecule has 3 nitrogen and oxygen atoms in total. The van der Waals surface area contributed by atoms with E-state index in [0.29, 0.717) is 16.7 Å². The largest absolute Gasteiger partial charge is 0.338 e. The van der Waals surface area contributed by atoms with Crippen molar-refractivity contribution in [1.82, 2.24) is 9.97 Å². The number of benzene rings is 5. The summed E-state index contributed by atoms with van der Waals surface area (Å²) < 4.78 is 13.9. The zero-order chi connectivity index (χ0) is 26.0. The van der Waals surface area contributed by atoms with Gasteiger partial charge in [0.25, 0.3) is 0 Å². The van der Waals surface area contributed by atoms with Gasteiger partial charge in [-0.15, -0.1) is 0 Å². The Morgan fingerprint density at radius 3 is 1.58 bits per heavy atom. The Hall–Kier alpha value is -4.53. The van der Waals surface area contributed by atoms with Gasteiger partial charge in [-0.1, -0.05) is 103 Å². The van der Waals surface area contributed by atoms with E-state index in [-0.39, 0.29) is 11.6 Å². The van der Waals surface area contributed by atoms with E-state index < -0.39 is 6.89 Å². The van der Waals surface area contributed by atoms with Gasteiger partial charge in [0.15, 0.2) is 5.78 Å². The fourth-order valence-electron chi connectivity index (χ4n) is 5.01. The molecule has 6 rings (SSSR count). The van der Waals surface area contributed by atoms with Crippen LogP contribution in [0.15, 0.2) is 140 Å². The van der Waals surface area contributed by atoms with Crippen LogP contribution in [0.25, 0.3) is 11.0 Å². The molecule has 0 saturated carbocycles. The lowest BCUT2D eigenvalue weighted by atomic mass is 10.1. The smallest absolute Gasteiger partial charge is 0.197 e. The van der Waals surface area contributed by atoms with E-state index in [9.17, 15) is 9.18 Å². The van der Waals surface area contributed by atoms with Crippen molar-refractivity contribution in [1.29, 1.82) is 0 Å². The van der Waals surface area contributed by atoms with Gasteiger partial charge in [-0.25, -0.2) is 9.37 Å². The third kappa shape index (κ3) is 4.09. The SMILES string of the molecule is O=C(C(c1nc2ccccc2[nH]1)=P(c1ccccc1)(c1ccccc1)c1ccccc1)c1ccc(F)cc1. The van der Waals surface area contributed by atoms with Crippen LogP contribution in [0.1, 0.15) is 16.2 Å². The molecule has 1 N–H and O–H groups in total. The predicted molar refractivity (Wildman–Crippen MR) is 156 cm³/mol. The number of imidazole rings is 1. The van der Waals surface area contributed by atoms with Crippen molar-refractivity contribution in [2.45, 2.75) is 0 Å². The molecule has 0 radical (unpaired) electrons. The number of hydrogen-bond acceptors (Lipinski definition) is 2. The third-order valence-corrected chi connectivity index (χ3v) is 11.0. The standard InChI is InChI=1S/C33H24FN2OP/c34-25-22-20-24(21-23-25)31(37)32(33-35-29-18-10-11-19-30(29)36-33)38(26-12-4-1-5-13-26,27-14-6-2-7-15-27)28-16-8-3-9-17-28/h1-23H,(H,35,36). The summed E-state index contributed by atoms with van der Waals surface area (Å²) >= 11 is 0. The highest BCUT2D eigenvalue weighted by Crippen LogP contribution is 2.48. The molecule has 0 unspecified atom stereocenters. The molecule has 0 aliphatic rings. The van der Waals surface area contributed by atoms with E-state index in [1.165, 1.54) is 12.1 Å². The lowest BCUT2D eigenvalue weighted by molar-refractivity contribution is 0.106. The number of nitrogens with zero attached hydrogens (tertiary/aromatic N) is 1. The molecular formula is C33H24FN2OP. The number of rotatable bonds is 6. The molecule has 1 heterocycles. The topological polar surface area (TPSA) is 45.8 Å². The maximum absolute atomic E-state index is 14.7. The number of hydrogen-bond donors (Lipinski definition) is 1. The molecule has 0 amide bonds. The van der Waals surface area contributed by atoms with E-state index in [2.05, 4.69) is 41.4 Å². The molecule has 0 aliphatic carbocycles. The Balaban J connectivity index is 1.86. The number of aromatic nitrogens is 2. The van der Waals surface area contributed by atoms with E-state index in [1.807, 2.05) is 78.9 Å². The van der Waals surface area contributed by atoms with Crippen LogP contribution in [0.5, 0.6) is 0 Å². The summed E-state index contributed by atoms with van der Waals surface area (Å²) in [6.07, 6.45) is 0. The summed E-state index contributed by atoms with van der Waals surface area (Å²) in [5.41, 5.74) is 2.03. The quantitative estimate of drug-likeness (QED) is 0.216. The highest BCUT2D eigenvalue weighted by molar-refractivity contribution is 7.96. The summed E-state index contributed by atoms with van der Waals surface area (Å²) in [7, 11) is 0. The number of ketones is 1. The second kappa shape index (κ2) is 10.1. The molecule has 0 aliphatic heterocycles. The van der Waals surface area contributed by atoms with Gasteiger partial charge in [-0.3, -0.25) is 4.79 Å². The predicted octanol–water partition coefficient (Wildman–Crippen LogP) is 6.10. The van der Waals surface area contributed by atoms with Crippen molar-refractivity contribution in [3.05, 3.63) is 157 Å². The summed E-state index contributed by atoms with van der Waals surface area (Å²) in [5.74, 6) is -0.0542. The number of halogens is 1. The summed E-state index contributed by atoms with van der Waals surface area (Å²) in [4.78, 5) is 23.1. The number of aromatic amines is 1. The molecule has 6 aromatic rings. The van der Waals surface area contributed by atoms with Crippen molar-refractivity contribution < 1.29 is 9.18 Å². The Kier molecular flexibility index (Phi) is 6.33. The Morgan fingerprint density at radius 2 is 1.08 bits per heavy atom. The highest BCUT2D eigenvalue weighted by Gasteiger charge is 2.35. The Bertz CT molecular complexity index is 1640. The molecular weight excluding hydrogens is 490 g/mol. The summed E-state index contributed by atoms with van der Waals surface area (Å²) in [6.45, 7) is -2.79. The first kappa shape index (κ1) is 23.8. The Labute approximate surface area is 220 Å². The first-order valence-electron chi connectivity index (χ1n) is 12.4. The molecule has 1 aromatic heterocycles. The van der Waals surface area contributed by atoms with Crippen molar-refractivity contribution in [3.8, 4) is 0 Å². The van der Waals surface area contributed by atoms with Crippen LogP contribution in [-0.4, -0.2) is 21.0 Å². The van der Waals surface area contributed by atoms with Crippen molar-refractivity contribution in [2.75, 3.05) is 0 Å². The van der Waals surface area contributed by atoms with E-state index >= 15 is 0 Å². The molecule has 0 bridgehead atoms. The van der Waals surface area contributed by atoms with Crippen molar-refractivity contribution >= 4 is 44.9 Å². The first-order chi connectivity index (χ1) is 18.7. The number of H-pyrrole nitrogens is 1. The van der Waals surface area contributed by atoms with Crippen LogP contribution in [-0.2, 0) is 0 Å². The molecule has 5 aromatic carbocycles. The third-order valence-electron chi connectivity index (χ3n) is 6.70. The Morgan fingerprint density at radius 1 is 0.605 bits per heavy atom. The van der Waals surface area contributed by atoms with Crippen LogP contribution in [0, 0.1) is 5.82 Å². The number of nitrogens with one attached hydrogen (secondary N) is 1. The number of Topliss-reactive ketones (excluding diaryl/α,β-unsaturated/α-hetero) is 1. The second-order valence-corrected chi connectivity index (χ2v) is 12.3. The number of para-hydroxylation sites is 2. The van der Waals surface area contributed by atoms with Crippen LogP contribution in [0.4, 0.5) is 4.39 Å². The van der Waals surface area contributed by atoms with E-state index in [1.54, 1.807) is 12.1 Å². The lowest BCUT2D eigenvalue weighted by Gasteiger charge is -2.31. The fraction of sp³-hybridized carbons (Fsp3) is 0. The summed E-state index contributed by atoms with van der Waals surface area (Å²) in [6, 6.07) is 44.1. The normalized spacial score (nSPS) is 11.4. The van der Waals surface area contributed by atoms with Gasteiger partial charge in [0.2, 0.25) is 0 Å². The average Bonchev–Trinajstić information content (AvgIpc) is 3.41. The van der Waals surface area contributed by atoms with Gasteiger partial charge in [0.1, 0.15) is 11.6 Å². The molecule has 0 atom stereocenters. The second-order valence-electron chi connectivity index (χ2n) is 8.96. The monoisotopic (exact) mass is 514 g/mol. The van der Waals surface area contributed by atoms with Crippen LogP contribution in [0.3, 0.4) is 0 Å². The molecule has 0 fully saturated rings. The minimum absolute atomic E-state index is 0.186. The van der Waals surface area contributed by atoms with Crippen LogP contribution >= 0.6 is 6.89 Å². The molecule has 5 heteroatoms. The van der Waals surface area contributed by atoms with E-state index in [0.717, 1.165) is 26.9 Å². The van der Waals surface area contributed by atoms with Gasteiger partial charge < -0.3 is 4.98 Å². The fourth-order valence-corrected chi connectivity index (χ4v) is 9.40. The minimum Gasteiger partial charge on any atom is -0.338 e. The van der Waals surface area contributed by atoms with Gasteiger partial charge in [-0.2, -0.15) is 0 Å². The molecule has 38 heavy (non-hydrogen) atoms. The number of fused-ring (bicyclic) bond motifs is 1.